The number of aryl methyl sites for hydroxylation is 1. The number of rotatable bonds is 9. The third-order valence-electron chi connectivity index (χ3n) is 4.53. The van der Waals surface area contributed by atoms with Crippen LogP contribution in [0.15, 0.2) is 60.9 Å². The number of pyridine rings is 1. The standard InChI is InChI=1S/C23H24FN3O3.2ClH/c1-29-21-9-7-18(23(28)27-11-3-5-16-4-2-10-26-15-16)13-22(21)30-20-8-6-17(14-25)12-19(20)24;;/h2,4,6-10,12-13,15H,3,5,11,14,25H2,1H3,(H,27,28);2*1H. The number of carbonyl (C=O) groups is 1. The van der Waals surface area contributed by atoms with Crippen LogP contribution in [0.1, 0.15) is 27.9 Å². The third kappa shape index (κ3) is 7.37. The Morgan fingerprint density at radius 2 is 1.84 bits per heavy atom. The van der Waals surface area contributed by atoms with Crippen molar-refractivity contribution < 1.29 is 18.7 Å². The Labute approximate surface area is 199 Å². The lowest BCUT2D eigenvalue weighted by Crippen LogP contribution is -2.24. The van der Waals surface area contributed by atoms with Gasteiger partial charge in [-0.25, -0.2) is 4.39 Å². The van der Waals surface area contributed by atoms with Gasteiger partial charge in [0.05, 0.1) is 7.11 Å². The first-order valence-corrected chi connectivity index (χ1v) is 9.62. The highest BCUT2D eigenvalue weighted by Gasteiger charge is 2.14. The molecule has 172 valence electrons. The zero-order chi connectivity index (χ0) is 21.3. The Kier molecular flexibility index (Phi) is 11.5. The van der Waals surface area contributed by atoms with Crippen molar-refractivity contribution in [3.8, 4) is 17.2 Å². The van der Waals surface area contributed by atoms with E-state index in [1.807, 2.05) is 18.3 Å². The number of nitrogens with two attached hydrogens (primary N) is 1. The summed E-state index contributed by atoms with van der Waals surface area (Å²) in [7, 11) is 1.48. The summed E-state index contributed by atoms with van der Waals surface area (Å²) in [5, 5.41) is 2.88. The number of aromatic nitrogens is 1. The molecule has 0 aliphatic heterocycles. The zero-order valence-electron chi connectivity index (χ0n) is 17.5. The minimum Gasteiger partial charge on any atom is -0.493 e. The van der Waals surface area contributed by atoms with Crippen molar-refractivity contribution in [3.05, 3.63) is 83.4 Å². The molecule has 0 unspecified atom stereocenters. The lowest BCUT2D eigenvalue weighted by atomic mass is 10.1. The molecular formula is C23H26Cl2FN3O3. The molecule has 3 aromatic rings. The van der Waals surface area contributed by atoms with Gasteiger partial charge in [0.2, 0.25) is 0 Å². The number of nitrogens with zero attached hydrogens (tertiary/aromatic N) is 1. The van der Waals surface area contributed by atoms with Gasteiger partial charge >= 0.3 is 0 Å². The number of benzene rings is 2. The highest BCUT2D eigenvalue weighted by Crippen LogP contribution is 2.33. The molecule has 1 amide bonds. The van der Waals surface area contributed by atoms with Crippen LogP contribution in [0.4, 0.5) is 4.39 Å². The van der Waals surface area contributed by atoms with Gasteiger partial charge in [-0.2, -0.15) is 0 Å². The van der Waals surface area contributed by atoms with Crippen molar-refractivity contribution in [1.29, 1.82) is 0 Å². The van der Waals surface area contributed by atoms with Crippen LogP contribution in [0, 0.1) is 5.82 Å². The molecule has 0 aliphatic carbocycles. The molecule has 9 heteroatoms. The quantitative estimate of drug-likeness (QED) is 0.433. The Morgan fingerprint density at radius 3 is 2.50 bits per heavy atom. The van der Waals surface area contributed by atoms with Crippen molar-refractivity contribution in [3.63, 3.8) is 0 Å². The number of nitrogens with one attached hydrogen (secondary N) is 1. The number of hydrogen-bond acceptors (Lipinski definition) is 5. The van der Waals surface area contributed by atoms with E-state index in [4.69, 9.17) is 15.2 Å². The van der Waals surface area contributed by atoms with Gasteiger partial charge in [-0.05, 0) is 60.4 Å². The number of methoxy groups -OCH3 is 1. The first-order chi connectivity index (χ1) is 14.6. The zero-order valence-corrected chi connectivity index (χ0v) is 19.2. The first kappa shape index (κ1) is 27.2. The van der Waals surface area contributed by atoms with Crippen LogP contribution in [0.3, 0.4) is 0 Å². The van der Waals surface area contributed by atoms with Crippen LogP contribution in [0.5, 0.6) is 17.2 Å². The maximum atomic E-state index is 14.3. The smallest absolute Gasteiger partial charge is 0.251 e. The van der Waals surface area contributed by atoms with E-state index in [0.29, 0.717) is 23.4 Å². The molecule has 1 heterocycles. The predicted molar refractivity (Wildman–Crippen MR) is 127 cm³/mol. The van der Waals surface area contributed by atoms with E-state index in [1.165, 1.54) is 25.3 Å². The van der Waals surface area contributed by atoms with Crippen LogP contribution < -0.4 is 20.5 Å². The van der Waals surface area contributed by atoms with E-state index < -0.39 is 5.82 Å². The van der Waals surface area contributed by atoms with Crippen LogP contribution in [0.2, 0.25) is 0 Å². The molecule has 2 aromatic carbocycles. The van der Waals surface area contributed by atoms with Crippen molar-refractivity contribution in [2.45, 2.75) is 19.4 Å². The Morgan fingerprint density at radius 1 is 1.06 bits per heavy atom. The molecule has 6 nitrogen and oxygen atoms in total. The van der Waals surface area contributed by atoms with Gasteiger partial charge in [-0.1, -0.05) is 12.1 Å². The average Bonchev–Trinajstić information content (AvgIpc) is 2.78. The second kappa shape index (κ2) is 13.5. The second-order valence-electron chi connectivity index (χ2n) is 6.66. The minimum absolute atomic E-state index is 0. The molecule has 0 aliphatic rings. The highest BCUT2D eigenvalue weighted by molar-refractivity contribution is 5.94. The van der Waals surface area contributed by atoms with Gasteiger partial charge in [0.25, 0.3) is 5.91 Å². The van der Waals surface area contributed by atoms with Gasteiger partial charge in [-0.15, -0.1) is 24.8 Å². The van der Waals surface area contributed by atoms with Crippen LogP contribution >= 0.6 is 24.8 Å². The fraction of sp³-hybridized carbons (Fsp3) is 0.217. The van der Waals surface area contributed by atoms with Crippen molar-refractivity contribution in [2.24, 2.45) is 5.73 Å². The maximum Gasteiger partial charge on any atom is 0.251 e. The highest BCUT2D eigenvalue weighted by atomic mass is 35.5. The maximum absolute atomic E-state index is 14.3. The molecule has 32 heavy (non-hydrogen) atoms. The molecule has 3 N–H and O–H groups in total. The number of ether oxygens (including phenoxy) is 2. The molecule has 0 saturated carbocycles. The van der Waals surface area contributed by atoms with E-state index in [0.717, 1.165) is 18.4 Å². The number of hydrogen-bond donors (Lipinski definition) is 2. The number of carbonyl (C=O) groups excluding carboxylic acids is 1. The van der Waals surface area contributed by atoms with Crippen LogP contribution in [0.25, 0.3) is 0 Å². The average molecular weight is 482 g/mol. The summed E-state index contributed by atoms with van der Waals surface area (Å²) in [6.07, 6.45) is 5.15. The van der Waals surface area contributed by atoms with E-state index in [2.05, 4.69) is 10.3 Å². The van der Waals surface area contributed by atoms with Gasteiger partial charge < -0.3 is 20.5 Å². The van der Waals surface area contributed by atoms with E-state index in [9.17, 15) is 9.18 Å². The van der Waals surface area contributed by atoms with Crippen molar-refractivity contribution in [2.75, 3.05) is 13.7 Å². The molecule has 0 saturated heterocycles. The Balaban J connectivity index is 0.00000256. The van der Waals surface area contributed by atoms with E-state index >= 15 is 0 Å². The molecular weight excluding hydrogens is 456 g/mol. The summed E-state index contributed by atoms with van der Waals surface area (Å²) in [5.74, 6) is -0.109. The summed E-state index contributed by atoms with van der Waals surface area (Å²) in [4.78, 5) is 16.6. The van der Waals surface area contributed by atoms with Crippen molar-refractivity contribution >= 4 is 30.7 Å². The largest absolute Gasteiger partial charge is 0.493 e. The molecule has 0 radical (unpaired) electrons. The van der Waals surface area contributed by atoms with Gasteiger partial charge in [0.1, 0.15) is 0 Å². The third-order valence-corrected chi connectivity index (χ3v) is 4.53. The summed E-state index contributed by atoms with van der Waals surface area (Å²) in [5.41, 5.74) is 7.70. The monoisotopic (exact) mass is 481 g/mol. The molecule has 1 aromatic heterocycles. The molecule has 0 fully saturated rings. The molecule has 0 atom stereocenters. The first-order valence-electron chi connectivity index (χ1n) is 9.62. The van der Waals surface area contributed by atoms with E-state index in [-0.39, 0.29) is 48.8 Å². The summed E-state index contributed by atoms with van der Waals surface area (Å²) in [6.45, 7) is 0.752. The fourth-order valence-corrected chi connectivity index (χ4v) is 2.91. The molecule has 0 bridgehead atoms. The Hall–Kier alpha value is -2.87. The van der Waals surface area contributed by atoms with Crippen LogP contribution in [-0.4, -0.2) is 24.5 Å². The molecule has 0 spiro atoms. The van der Waals surface area contributed by atoms with Crippen LogP contribution in [-0.2, 0) is 13.0 Å². The summed E-state index contributed by atoms with van der Waals surface area (Å²) >= 11 is 0. The van der Waals surface area contributed by atoms with Crippen molar-refractivity contribution in [1.82, 2.24) is 10.3 Å². The lowest BCUT2D eigenvalue weighted by molar-refractivity contribution is 0.0953. The summed E-state index contributed by atoms with van der Waals surface area (Å²) < 4.78 is 25.2. The lowest BCUT2D eigenvalue weighted by Gasteiger charge is -2.13. The number of amides is 1. The summed E-state index contributed by atoms with van der Waals surface area (Å²) in [6, 6.07) is 13.2. The second-order valence-corrected chi connectivity index (χ2v) is 6.66. The topological polar surface area (TPSA) is 86.5 Å². The number of halogens is 3. The van der Waals surface area contributed by atoms with E-state index in [1.54, 1.807) is 24.4 Å². The van der Waals surface area contributed by atoms with Gasteiger partial charge in [0, 0.05) is 31.0 Å². The van der Waals surface area contributed by atoms with Gasteiger partial charge in [-0.3, -0.25) is 9.78 Å². The predicted octanol–water partition coefficient (Wildman–Crippen LogP) is 4.69. The normalized spacial score (nSPS) is 9.84. The fourth-order valence-electron chi connectivity index (χ4n) is 2.91. The Bertz CT molecular complexity index is 1010. The van der Waals surface area contributed by atoms with Gasteiger partial charge in [0.15, 0.2) is 23.1 Å². The molecule has 3 rings (SSSR count). The minimum atomic E-state index is -0.537. The SMILES string of the molecule is COc1ccc(C(=O)NCCCc2cccnc2)cc1Oc1ccc(CN)cc1F.Cl.Cl.